The second-order valence-electron chi connectivity index (χ2n) is 2.71. The Balaban J connectivity index is 2.55. The summed E-state index contributed by atoms with van der Waals surface area (Å²) in [4.78, 5) is 15.1. The first-order chi connectivity index (χ1) is 6.70. The molecule has 6 heteroatoms. The maximum Gasteiger partial charge on any atom is 0.341 e. The van der Waals surface area contributed by atoms with E-state index in [-0.39, 0.29) is 0 Å². The number of aromatic nitrogens is 3. The number of anilines is 1. The van der Waals surface area contributed by atoms with Crippen molar-refractivity contribution in [3.8, 4) is 0 Å². The number of methoxy groups -OCH3 is 1. The van der Waals surface area contributed by atoms with Crippen LogP contribution in [0.1, 0.15) is 10.4 Å². The normalized spacial score (nSPS) is 10.4. The van der Waals surface area contributed by atoms with Crippen LogP contribution < -0.4 is 5.73 Å². The third-order valence-electron chi connectivity index (χ3n) is 1.75. The molecule has 0 aliphatic rings. The van der Waals surface area contributed by atoms with Gasteiger partial charge in [-0.1, -0.05) is 0 Å². The van der Waals surface area contributed by atoms with E-state index in [1.807, 2.05) is 0 Å². The Morgan fingerprint density at radius 2 is 2.43 bits per heavy atom. The summed E-state index contributed by atoms with van der Waals surface area (Å²) in [6.07, 6.45) is 2.94. The molecule has 0 bridgehead atoms. The van der Waals surface area contributed by atoms with Crippen molar-refractivity contribution in [2.45, 2.75) is 0 Å². The molecule has 0 aromatic carbocycles. The number of nitrogen functional groups attached to an aromatic ring is 1. The molecule has 0 aliphatic heterocycles. The van der Waals surface area contributed by atoms with E-state index in [1.54, 1.807) is 6.07 Å². The van der Waals surface area contributed by atoms with Crippen LogP contribution in [0.4, 0.5) is 5.82 Å². The van der Waals surface area contributed by atoms with Crippen LogP contribution in [-0.2, 0) is 4.74 Å². The lowest BCUT2D eigenvalue weighted by molar-refractivity contribution is 0.0599. The Labute approximate surface area is 79.3 Å². The molecule has 0 amide bonds. The van der Waals surface area contributed by atoms with E-state index >= 15 is 0 Å². The summed E-state index contributed by atoms with van der Waals surface area (Å²) in [6.45, 7) is 0. The highest BCUT2D eigenvalue weighted by Gasteiger charge is 2.07. The summed E-state index contributed by atoms with van der Waals surface area (Å²) in [5.41, 5.74) is 6.39. The van der Waals surface area contributed by atoms with E-state index in [0.29, 0.717) is 17.0 Å². The van der Waals surface area contributed by atoms with Crippen LogP contribution in [0, 0.1) is 0 Å². The van der Waals surface area contributed by atoms with Crippen molar-refractivity contribution in [2.75, 3.05) is 12.8 Å². The van der Waals surface area contributed by atoms with Gasteiger partial charge < -0.3 is 10.5 Å². The maximum absolute atomic E-state index is 11.1. The molecular formula is C8H8N4O2. The molecule has 2 aromatic heterocycles. The Hall–Kier alpha value is -2.11. The Bertz CT molecular complexity index is 491. The monoisotopic (exact) mass is 192 g/mol. The predicted molar refractivity (Wildman–Crippen MR) is 48.7 cm³/mol. The van der Waals surface area contributed by atoms with Crippen LogP contribution in [0.3, 0.4) is 0 Å². The van der Waals surface area contributed by atoms with Gasteiger partial charge in [0.05, 0.1) is 12.7 Å². The van der Waals surface area contributed by atoms with Crippen molar-refractivity contribution < 1.29 is 9.53 Å². The van der Waals surface area contributed by atoms with Crippen LogP contribution in [0.2, 0.25) is 0 Å². The molecule has 2 N–H and O–H groups in total. The molecule has 2 heterocycles. The van der Waals surface area contributed by atoms with Crippen LogP contribution in [0.5, 0.6) is 0 Å². The van der Waals surface area contributed by atoms with Gasteiger partial charge in [0.2, 0.25) is 0 Å². The smallest absolute Gasteiger partial charge is 0.341 e. The average Bonchev–Trinajstić information content (AvgIpc) is 2.55. The van der Waals surface area contributed by atoms with Gasteiger partial charge in [0.25, 0.3) is 0 Å². The van der Waals surface area contributed by atoms with E-state index < -0.39 is 5.97 Å². The highest BCUT2D eigenvalue weighted by atomic mass is 16.5. The van der Waals surface area contributed by atoms with Crippen LogP contribution in [0.25, 0.3) is 5.65 Å². The molecule has 0 radical (unpaired) electrons. The number of carbonyl (C=O) groups is 1. The number of fused-ring (bicyclic) bond motifs is 1. The zero-order valence-electron chi connectivity index (χ0n) is 7.47. The van der Waals surface area contributed by atoms with Gasteiger partial charge in [-0.25, -0.2) is 14.3 Å². The second kappa shape index (κ2) is 2.99. The number of rotatable bonds is 1. The predicted octanol–water partition coefficient (Wildman–Crippen LogP) is 0.0981. The van der Waals surface area contributed by atoms with E-state index in [4.69, 9.17) is 5.73 Å². The molecule has 72 valence electrons. The topological polar surface area (TPSA) is 82.5 Å². The van der Waals surface area contributed by atoms with Gasteiger partial charge in [-0.2, -0.15) is 0 Å². The summed E-state index contributed by atoms with van der Waals surface area (Å²) in [5, 5.41) is 3.91. The molecule has 0 saturated heterocycles. The van der Waals surface area contributed by atoms with E-state index in [0.717, 1.165) is 0 Å². The maximum atomic E-state index is 11.1. The lowest BCUT2D eigenvalue weighted by Crippen LogP contribution is -2.04. The van der Waals surface area contributed by atoms with Gasteiger partial charge in [0.15, 0.2) is 5.65 Å². The zero-order valence-corrected chi connectivity index (χ0v) is 7.47. The van der Waals surface area contributed by atoms with Gasteiger partial charge in [0.1, 0.15) is 5.82 Å². The number of hydrogen-bond donors (Lipinski definition) is 1. The van der Waals surface area contributed by atoms with Crippen molar-refractivity contribution in [2.24, 2.45) is 0 Å². The molecule has 2 rings (SSSR count). The summed E-state index contributed by atoms with van der Waals surface area (Å²) in [6, 6.07) is 1.61. The van der Waals surface area contributed by atoms with Crippen LogP contribution >= 0.6 is 0 Å². The summed E-state index contributed by atoms with van der Waals surface area (Å²) in [5.74, 6) is -0.0898. The lowest BCUT2D eigenvalue weighted by atomic mass is 10.3. The highest BCUT2D eigenvalue weighted by molar-refractivity contribution is 5.88. The van der Waals surface area contributed by atoms with E-state index in [1.165, 1.54) is 24.0 Å². The average molecular weight is 192 g/mol. The molecule has 0 spiro atoms. The molecular weight excluding hydrogens is 184 g/mol. The summed E-state index contributed by atoms with van der Waals surface area (Å²) >= 11 is 0. The van der Waals surface area contributed by atoms with Gasteiger partial charge in [-0.05, 0) is 0 Å². The first-order valence-electron chi connectivity index (χ1n) is 3.90. The third-order valence-corrected chi connectivity index (χ3v) is 1.75. The molecule has 0 fully saturated rings. The van der Waals surface area contributed by atoms with Crippen LogP contribution in [-0.4, -0.2) is 27.7 Å². The van der Waals surface area contributed by atoms with E-state index in [2.05, 4.69) is 14.8 Å². The highest BCUT2D eigenvalue weighted by Crippen LogP contribution is 2.06. The fourth-order valence-corrected chi connectivity index (χ4v) is 1.12. The first kappa shape index (κ1) is 8.49. The quantitative estimate of drug-likeness (QED) is 0.648. The van der Waals surface area contributed by atoms with Gasteiger partial charge in [-0.15, -0.1) is 5.10 Å². The number of ether oxygens (including phenoxy) is 1. The second-order valence-corrected chi connectivity index (χ2v) is 2.71. The van der Waals surface area contributed by atoms with Crippen LogP contribution in [0.15, 0.2) is 18.5 Å². The largest absolute Gasteiger partial charge is 0.465 e. The SMILES string of the molecule is COC(=O)c1cnc2cc(N)nn2c1. The molecule has 14 heavy (non-hydrogen) atoms. The molecule has 0 unspecified atom stereocenters. The van der Waals surface area contributed by atoms with E-state index in [9.17, 15) is 4.79 Å². The number of nitrogens with zero attached hydrogens (tertiary/aromatic N) is 3. The van der Waals surface area contributed by atoms with Gasteiger partial charge in [0, 0.05) is 18.5 Å². The van der Waals surface area contributed by atoms with Crippen molar-refractivity contribution in [1.29, 1.82) is 0 Å². The van der Waals surface area contributed by atoms with Crippen molar-refractivity contribution >= 4 is 17.4 Å². The number of nitrogens with two attached hydrogens (primary N) is 1. The summed E-state index contributed by atoms with van der Waals surface area (Å²) < 4.78 is 5.97. The van der Waals surface area contributed by atoms with Crippen molar-refractivity contribution in [3.63, 3.8) is 0 Å². The minimum Gasteiger partial charge on any atom is -0.465 e. The summed E-state index contributed by atoms with van der Waals surface area (Å²) in [7, 11) is 1.31. The minimum absolute atomic E-state index is 0.336. The fourth-order valence-electron chi connectivity index (χ4n) is 1.12. The third kappa shape index (κ3) is 1.26. The molecule has 0 atom stereocenters. The molecule has 6 nitrogen and oxygen atoms in total. The zero-order chi connectivity index (χ0) is 10.1. The Kier molecular flexibility index (Phi) is 1.81. The van der Waals surface area contributed by atoms with Gasteiger partial charge >= 0.3 is 5.97 Å². The Morgan fingerprint density at radius 3 is 3.14 bits per heavy atom. The Morgan fingerprint density at radius 1 is 1.64 bits per heavy atom. The standard InChI is InChI=1S/C8H8N4O2/c1-14-8(13)5-3-10-7-2-6(9)11-12(7)4-5/h2-4H,1H3,(H2,9,11). The van der Waals surface area contributed by atoms with Crippen molar-refractivity contribution in [1.82, 2.24) is 14.6 Å². The molecule has 2 aromatic rings. The molecule has 0 saturated carbocycles. The first-order valence-corrected chi connectivity index (χ1v) is 3.90. The fraction of sp³-hybridized carbons (Fsp3) is 0.125. The minimum atomic E-state index is -0.450. The lowest BCUT2D eigenvalue weighted by Gasteiger charge is -1.98. The number of carbonyl (C=O) groups excluding carboxylic acids is 1. The number of esters is 1. The van der Waals surface area contributed by atoms with Crippen molar-refractivity contribution in [3.05, 3.63) is 24.0 Å². The number of hydrogen-bond acceptors (Lipinski definition) is 5. The van der Waals surface area contributed by atoms with Gasteiger partial charge in [-0.3, -0.25) is 0 Å². The molecule has 0 aliphatic carbocycles.